The van der Waals surface area contributed by atoms with Crippen LogP contribution in [0.4, 0.5) is 0 Å². The summed E-state index contributed by atoms with van der Waals surface area (Å²) in [5, 5.41) is 0. The van der Waals surface area contributed by atoms with Crippen LogP contribution in [0.2, 0.25) is 0 Å². The summed E-state index contributed by atoms with van der Waals surface area (Å²) in [6, 6.07) is 0. The highest BCUT2D eigenvalue weighted by Crippen LogP contribution is 2.63. The Hall–Kier alpha value is 1.27. The first-order valence-electron chi connectivity index (χ1n) is 4.70. The molecule has 0 amide bonds. The van der Waals surface area contributed by atoms with Crippen molar-refractivity contribution in [2.75, 3.05) is 13.2 Å². The van der Waals surface area contributed by atoms with Gasteiger partial charge in [-0.25, -0.2) is 0 Å². The van der Waals surface area contributed by atoms with E-state index in [1.807, 2.05) is 13.8 Å². The van der Waals surface area contributed by atoms with Crippen molar-refractivity contribution in [1.29, 1.82) is 0 Å². The van der Waals surface area contributed by atoms with Gasteiger partial charge in [0.05, 0.1) is 17.8 Å². The highest BCUT2D eigenvalue weighted by molar-refractivity contribution is 8.69. The lowest BCUT2D eigenvalue weighted by Gasteiger charge is -2.24. The minimum atomic E-state index is -2.16. The molecule has 0 aliphatic heterocycles. The van der Waals surface area contributed by atoms with E-state index in [-0.39, 0.29) is 4.58 Å². The van der Waals surface area contributed by atoms with Crippen molar-refractivity contribution < 1.29 is 9.05 Å². The van der Waals surface area contributed by atoms with Crippen LogP contribution in [0.25, 0.3) is 0 Å². The summed E-state index contributed by atoms with van der Waals surface area (Å²) >= 11 is 11.4. The van der Waals surface area contributed by atoms with Gasteiger partial charge in [0.1, 0.15) is 0 Å². The fraction of sp³-hybridized carbons (Fsp3) is 1.00. The Morgan fingerprint density at radius 1 is 1.29 bits per heavy atom. The summed E-state index contributed by atoms with van der Waals surface area (Å²) in [6.45, 7) is 9.29. The second-order valence-electron chi connectivity index (χ2n) is 3.02. The van der Waals surface area contributed by atoms with Crippen LogP contribution in [0, 0.1) is 5.92 Å². The molecule has 0 radical (unpaired) electrons. The molecule has 1 atom stereocenters. The molecular formula is C8H19O2PS3. The molecule has 0 spiro atoms. The maximum absolute atomic E-state index is 5.51. The minimum Gasteiger partial charge on any atom is -0.322 e. The van der Waals surface area contributed by atoms with Gasteiger partial charge in [-0.2, -0.15) is 12.6 Å². The fourth-order valence-corrected chi connectivity index (χ4v) is 7.68. The third-order valence-electron chi connectivity index (χ3n) is 1.38. The van der Waals surface area contributed by atoms with E-state index in [1.54, 1.807) is 11.4 Å². The lowest BCUT2D eigenvalue weighted by molar-refractivity contribution is 0.280. The maximum atomic E-state index is 5.51. The fourth-order valence-electron chi connectivity index (χ4n) is 0.668. The van der Waals surface area contributed by atoms with Crippen LogP contribution in [0.3, 0.4) is 0 Å². The zero-order valence-corrected chi connectivity index (χ0v) is 12.5. The standard InChI is InChI=1S/C8H19O2PS3/c1-5-9-11(13,10-6-2)14-8(12)7(3)4/h7-8,12H,5-6H2,1-4H3. The van der Waals surface area contributed by atoms with Crippen molar-refractivity contribution in [3.05, 3.63) is 0 Å². The zero-order chi connectivity index (χ0) is 11.2. The maximum Gasteiger partial charge on any atom is 0.248 e. The molecule has 6 heteroatoms. The molecule has 2 nitrogen and oxygen atoms in total. The van der Waals surface area contributed by atoms with E-state index in [2.05, 4.69) is 26.5 Å². The molecule has 0 aromatic heterocycles. The summed E-state index contributed by atoms with van der Waals surface area (Å²) in [5.74, 6) is 0.464. The van der Waals surface area contributed by atoms with Gasteiger partial charge >= 0.3 is 0 Å². The van der Waals surface area contributed by atoms with Crippen LogP contribution in [-0.2, 0) is 20.9 Å². The number of hydrogen-bond acceptors (Lipinski definition) is 5. The largest absolute Gasteiger partial charge is 0.322 e. The molecule has 0 N–H and O–H groups in total. The Bertz CT molecular complexity index is 189. The van der Waals surface area contributed by atoms with Crippen molar-refractivity contribution in [3.8, 4) is 0 Å². The predicted molar refractivity (Wildman–Crippen MR) is 72.7 cm³/mol. The number of hydrogen-bond donors (Lipinski definition) is 1. The van der Waals surface area contributed by atoms with E-state index in [4.69, 9.17) is 20.9 Å². The van der Waals surface area contributed by atoms with Crippen LogP contribution in [0.1, 0.15) is 27.7 Å². The Kier molecular flexibility index (Phi) is 8.21. The molecule has 14 heavy (non-hydrogen) atoms. The SMILES string of the molecule is CCOP(=S)(OCC)SC(S)C(C)C. The van der Waals surface area contributed by atoms with Gasteiger partial charge in [-0.1, -0.05) is 25.2 Å². The second kappa shape index (κ2) is 7.53. The Balaban J connectivity index is 4.28. The molecule has 0 aliphatic carbocycles. The molecule has 1 unspecified atom stereocenters. The van der Waals surface area contributed by atoms with Gasteiger partial charge in [-0.15, -0.1) is 0 Å². The summed E-state index contributed by atoms with van der Waals surface area (Å²) in [6.07, 6.45) is 0. The van der Waals surface area contributed by atoms with Crippen molar-refractivity contribution in [3.63, 3.8) is 0 Å². The molecule has 0 fully saturated rings. The van der Waals surface area contributed by atoms with E-state index >= 15 is 0 Å². The summed E-state index contributed by atoms with van der Waals surface area (Å²) in [4.78, 5) is 0. The first-order valence-corrected chi connectivity index (χ1v) is 9.34. The average Bonchev–Trinajstić information content (AvgIpc) is 2.04. The molecular weight excluding hydrogens is 255 g/mol. The highest BCUT2D eigenvalue weighted by atomic mass is 32.9. The van der Waals surface area contributed by atoms with Crippen molar-refractivity contribution >= 4 is 41.5 Å². The van der Waals surface area contributed by atoms with Gasteiger partial charge in [0.2, 0.25) is 5.69 Å². The van der Waals surface area contributed by atoms with Crippen molar-refractivity contribution in [2.24, 2.45) is 5.92 Å². The molecule has 0 bridgehead atoms. The lowest BCUT2D eigenvalue weighted by Crippen LogP contribution is -2.04. The first-order chi connectivity index (χ1) is 6.45. The van der Waals surface area contributed by atoms with Gasteiger partial charge in [0, 0.05) is 0 Å². The Morgan fingerprint density at radius 3 is 2.00 bits per heavy atom. The first kappa shape index (κ1) is 15.3. The van der Waals surface area contributed by atoms with Gasteiger partial charge in [-0.3, -0.25) is 0 Å². The molecule has 0 saturated carbocycles. The topological polar surface area (TPSA) is 18.5 Å². The van der Waals surface area contributed by atoms with Gasteiger partial charge in [0.25, 0.3) is 0 Å². The monoisotopic (exact) mass is 274 g/mol. The molecule has 86 valence electrons. The number of thiol groups is 1. The van der Waals surface area contributed by atoms with E-state index in [1.165, 1.54) is 0 Å². The van der Waals surface area contributed by atoms with E-state index in [9.17, 15) is 0 Å². The normalized spacial score (nSPS) is 14.7. The lowest BCUT2D eigenvalue weighted by atomic mass is 10.3. The average molecular weight is 274 g/mol. The molecule has 0 rings (SSSR count). The molecule has 0 heterocycles. The second-order valence-corrected chi connectivity index (χ2v) is 10.3. The van der Waals surface area contributed by atoms with E-state index in [0.29, 0.717) is 19.1 Å². The van der Waals surface area contributed by atoms with Crippen molar-refractivity contribution in [2.45, 2.75) is 32.3 Å². The van der Waals surface area contributed by atoms with Crippen LogP contribution < -0.4 is 0 Å². The van der Waals surface area contributed by atoms with E-state index in [0.717, 1.165) is 0 Å². The van der Waals surface area contributed by atoms with Crippen molar-refractivity contribution in [1.82, 2.24) is 0 Å². The minimum absolute atomic E-state index is 0.180. The van der Waals surface area contributed by atoms with Crippen LogP contribution >= 0.6 is 29.7 Å². The van der Waals surface area contributed by atoms with Gasteiger partial charge < -0.3 is 9.05 Å². The van der Waals surface area contributed by atoms with Crippen LogP contribution in [0.15, 0.2) is 0 Å². The Morgan fingerprint density at radius 2 is 1.71 bits per heavy atom. The van der Waals surface area contributed by atoms with Gasteiger partial charge in [-0.05, 0) is 31.6 Å². The molecule has 0 saturated heterocycles. The summed E-state index contributed by atoms with van der Waals surface area (Å²) < 4.78 is 11.2. The van der Waals surface area contributed by atoms with Crippen LogP contribution in [0.5, 0.6) is 0 Å². The third kappa shape index (κ3) is 5.99. The van der Waals surface area contributed by atoms with Gasteiger partial charge in [0.15, 0.2) is 0 Å². The number of rotatable bonds is 7. The zero-order valence-electron chi connectivity index (χ0n) is 9.10. The highest BCUT2D eigenvalue weighted by Gasteiger charge is 2.24. The summed E-state index contributed by atoms with van der Waals surface area (Å²) in [7, 11) is 0. The predicted octanol–water partition coefficient (Wildman–Crippen LogP) is 3.93. The molecule has 0 aromatic carbocycles. The molecule has 0 aliphatic rings. The smallest absolute Gasteiger partial charge is 0.248 e. The Labute approximate surface area is 102 Å². The summed E-state index contributed by atoms with van der Waals surface area (Å²) in [5.41, 5.74) is -2.16. The van der Waals surface area contributed by atoms with Crippen LogP contribution in [-0.4, -0.2) is 17.8 Å². The van der Waals surface area contributed by atoms with E-state index < -0.39 is 5.69 Å². The third-order valence-corrected chi connectivity index (χ3v) is 8.46. The quantitative estimate of drug-likeness (QED) is 0.430. The molecule has 0 aromatic rings.